The van der Waals surface area contributed by atoms with Crippen molar-refractivity contribution in [1.29, 1.82) is 0 Å². The van der Waals surface area contributed by atoms with Gasteiger partial charge in [-0.1, -0.05) is 0 Å². The molecule has 1 amide bonds. The van der Waals surface area contributed by atoms with Crippen molar-refractivity contribution in [2.24, 2.45) is 12.8 Å². The van der Waals surface area contributed by atoms with Crippen LogP contribution in [0.3, 0.4) is 0 Å². The van der Waals surface area contributed by atoms with E-state index in [1.807, 2.05) is 0 Å². The Morgan fingerprint density at radius 3 is 2.54 bits per heavy atom. The second kappa shape index (κ2) is 3.22. The smallest absolute Gasteiger partial charge is 0.342 e. The summed E-state index contributed by atoms with van der Waals surface area (Å²) in [5.74, 6) is -1.91. The summed E-state index contributed by atoms with van der Waals surface area (Å²) in [4.78, 5) is 21.5. The Kier molecular flexibility index (Phi) is 2.27. The minimum atomic E-state index is -1.16. The molecule has 0 aromatic carbocycles. The zero-order valence-electron chi connectivity index (χ0n) is 7.02. The lowest BCUT2D eigenvalue weighted by molar-refractivity contribution is -0.673. The number of carboxylic acid groups (broad SMARTS) is 1. The molecule has 0 aliphatic heterocycles. The number of nitrogens with two attached hydrogens (primary N) is 1. The largest absolute Gasteiger partial charge is 0.477 e. The first kappa shape index (κ1) is 9.18. The van der Waals surface area contributed by atoms with E-state index in [1.54, 1.807) is 13.2 Å². The zero-order valence-corrected chi connectivity index (χ0v) is 7.02. The van der Waals surface area contributed by atoms with E-state index in [0.29, 0.717) is 0 Å². The molecule has 1 heterocycles. The lowest BCUT2D eigenvalue weighted by Crippen LogP contribution is -2.40. The first-order chi connectivity index (χ1) is 6.04. The van der Waals surface area contributed by atoms with E-state index in [2.05, 4.69) is 0 Å². The Labute approximate surface area is 74.4 Å². The van der Waals surface area contributed by atoms with Gasteiger partial charge in [0.15, 0.2) is 6.20 Å². The number of primary amides is 1. The molecule has 0 saturated carbocycles. The average molecular weight is 181 g/mol. The number of carbonyl (C=O) groups excluding carboxylic acids is 1. The van der Waals surface area contributed by atoms with Crippen molar-refractivity contribution < 1.29 is 19.3 Å². The normalized spacial score (nSPS) is 9.62. The number of hydrogen-bond donors (Lipinski definition) is 2. The number of nitrogens with zero attached hydrogens (tertiary/aromatic N) is 1. The SMILES string of the molecule is C[n+]1cccc(C(=O)O)c1C(N)=O. The van der Waals surface area contributed by atoms with Gasteiger partial charge in [0.1, 0.15) is 12.6 Å². The molecule has 5 heteroatoms. The number of carboxylic acids is 1. The molecule has 1 aromatic rings. The third-order valence-electron chi connectivity index (χ3n) is 1.64. The van der Waals surface area contributed by atoms with Crippen molar-refractivity contribution >= 4 is 11.9 Å². The van der Waals surface area contributed by atoms with E-state index >= 15 is 0 Å². The lowest BCUT2D eigenvalue weighted by atomic mass is 10.2. The molecule has 68 valence electrons. The van der Waals surface area contributed by atoms with E-state index in [4.69, 9.17) is 10.8 Å². The molecule has 0 fully saturated rings. The third kappa shape index (κ3) is 1.64. The summed E-state index contributed by atoms with van der Waals surface area (Å²) < 4.78 is 1.38. The van der Waals surface area contributed by atoms with Crippen LogP contribution in [-0.2, 0) is 7.05 Å². The minimum Gasteiger partial charge on any atom is -0.477 e. The van der Waals surface area contributed by atoms with Crippen LogP contribution in [0.25, 0.3) is 0 Å². The number of aromatic carboxylic acids is 1. The Bertz CT molecular complexity index is 374. The van der Waals surface area contributed by atoms with Gasteiger partial charge in [0, 0.05) is 6.07 Å². The summed E-state index contributed by atoms with van der Waals surface area (Å²) in [6, 6.07) is 2.87. The van der Waals surface area contributed by atoms with Gasteiger partial charge in [0.05, 0.1) is 0 Å². The number of aryl methyl sites for hydroxylation is 1. The first-order valence-corrected chi connectivity index (χ1v) is 3.55. The fourth-order valence-electron chi connectivity index (χ4n) is 1.09. The van der Waals surface area contributed by atoms with Crippen LogP contribution >= 0.6 is 0 Å². The van der Waals surface area contributed by atoms with Gasteiger partial charge in [0.25, 0.3) is 5.69 Å². The molecule has 5 nitrogen and oxygen atoms in total. The number of carbonyl (C=O) groups is 2. The molecule has 3 N–H and O–H groups in total. The number of rotatable bonds is 2. The first-order valence-electron chi connectivity index (χ1n) is 3.55. The van der Waals surface area contributed by atoms with Crippen LogP contribution in [-0.4, -0.2) is 17.0 Å². The summed E-state index contributed by atoms with van der Waals surface area (Å²) in [6.07, 6.45) is 1.56. The summed E-state index contributed by atoms with van der Waals surface area (Å²) in [6.45, 7) is 0. The Balaban J connectivity index is 3.43. The van der Waals surface area contributed by atoms with Crippen LogP contribution in [0.2, 0.25) is 0 Å². The van der Waals surface area contributed by atoms with Crippen molar-refractivity contribution in [2.75, 3.05) is 0 Å². The highest BCUT2D eigenvalue weighted by atomic mass is 16.4. The quantitative estimate of drug-likeness (QED) is 0.592. The van der Waals surface area contributed by atoms with Gasteiger partial charge < -0.3 is 10.8 Å². The second-order valence-electron chi connectivity index (χ2n) is 2.55. The molecule has 1 aromatic heterocycles. The fraction of sp³-hybridized carbons (Fsp3) is 0.125. The Morgan fingerprint density at radius 1 is 1.54 bits per heavy atom. The zero-order chi connectivity index (χ0) is 10.0. The summed E-state index contributed by atoms with van der Waals surface area (Å²) in [5, 5.41) is 8.72. The number of amides is 1. The van der Waals surface area contributed by atoms with Gasteiger partial charge in [-0.25, -0.2) is 4.79 Å². The monoisotopic (exact) mass is 181 g/mol. The topological polar surface area (TPSA) is 84.3 Å². The van der Waals surface area contributed by atoms with E-state index in [-0.39, 0.29) is 11.3 Å². The lowest BCUT2D eigenvalue weighted by Gasteiger charge is -1.98. The van der Waals surface area contributed by atoms with Gasteiger partial charge in [0.2, 0.25) is 0 Å². The maximum atomic E-state index is 10.9. The van der Waals surface area contributed by atoms with E-state index < -0.39 is 11.9 Å². The van der Waals surface area contributed by atoms with Crippen LogP contribution in [0.1, 0.15) is 20.8 Å². The number of hydrogen-bond acceptors (Lipinski definition) is 2. The molecule has 1 rings (SSSR count). The predicted molar refractivity (Wildman–Crippen MR) is 43.1 cm³/mol. The van der Waals surface area contributed by atoms with Crippen LogP contribution in [0.15, 0.2) is 18.3 Å². The van der Waals surface area contributed by atoms with Crippen LogP contribution in [0.5, 0.6) is 0 Å². The number of pyridine rings is 1. The van der Waals surface area contributed by atoms with Gasteiger partial charge in [-0.15, -0.1) is 0 Å². The molecule has 0 spiro atoms. The number of aromatic nitrogens is 1. The molecular weight excluding hydrogens is 172 g/mol. The second-order valence-corrected chi connectivity index (χ2v) is 2.55. The molecule has 0 radical (unpaired) electrons. The molecular formula is C8H9N2O3+. The van der Waals surface area contributed by atoms with E-state index in [1.165, 1.54) is 16.7 Å². The molecule has 0 atom stereocenters. The van der Waals surface area contributed by atoms with Crippen molar-refractivity contribution in [3.05, 3.63) is 29.6 Å². The summed E-state index contributed by atoms with van der Waals surface area (Å²) in [5.41, 5.74) is 4.94. The average Bonchev–Trinajstić information content (AvgIpc) is 2.02. The van der Waals surface area contributed by atoms with Crippen molar-refractivity contribution in [3.63, 3.8) is 0 Å². The third-order valence-corrected chi connectivity index (χ3v) is 1.64. The predicted octanol–water partition coefficient (Wildman–Crippen LogP) is -0.692. The van der Waals surface area contributed by atoms with E-state index in [0.717, 1.165) is 0 Å². The molecule has 0 aliphatic carbocycles. The van der Waals surface area contributed by atoms with Gasteiger partial charge in [-0.3, -0.25) is 4.79 Å². The Morgan fingerprint density at radius 2 is 2.15 bits per heavy atom. The molecule has 13 heavy (non-hydrogen) atoms. The molecule has 0 bridgehead atoms. The maximum absolute atomic E-state index is 10.9. The molecule has 0 aliphatic rings. The van der Waals surface area contributed by atoms with Crippen molar-refractivity contribution in [3.8, 4) is 0 Å². The summed E-state index contributed by atoms with van der Waals surface area (Å²) in [7, 11) is 1.56. The van der Waals surface area contributed by atoms with Gasteiger partial charge in [-0.05, 0) is 6.07 Å². The van der Waals surface area contributed by atoms with Crippen LogP contribution in [0, 0.1) is 0 Å². The van der Waals surface area contributed by atoms with Gasteiger partial charge >= 0.3 is 11.9 Å². The maximum Gasteiger partial charge on any atom is 0.342 e. The highest BCUT2D eigenvalue weighted by molar-refractivity contribution is 6.01. The Hall–Kier alpha value is -1.91. The van der Waals surface area contributed by atoms with E-state index in [9.17, 15) is 9.59 Å². The van der Waals surface area contributed by atoms with Gasteiger partial charge in [-0.2, -0.15) is 4.57 Å². The highest BCUT2D eigenvalue weighted by Crippen LogP contribution is 2.01. The minimum absolute atomic E-state index is 0.00463. The summed E-state index contributed by atoms with van der Waals surface area (Å²) >= 11 is 0. The molecule has 0 saturated heterocycles. The van der Waals surface area contributed by atoms with Crippen LogP contribution < -0.4 is 10.3 Å². The van der Waals surface area contributed by atoms with Crippen molar-refractivity contribution in [1.82, 2.24) is 0 Å². The molecule has 0 unspecified atom stereocenters. The van der Waals surface area contributed by atoms with Crippen LogP contribution in [0.4, 0.5) is 0 Å². The standard InChI is InChI=1S/C8H8N2O3/c1-10-4-2-3-5(8(12)13)6(10)7(9)11/h2-4H,1H3,(H2-,9,11,12,13)/p+1. The highest BCUT2D eigenvalue weighted by Gasteiger charge is 2.23. The fourth-order valence-corrected chi connectivity index (χ4v) is 1.09. The van der Waals surface area contributed by atoms with Crippen molar-refractivity contribution in [2.45, 2.75) is 0 Å².